The standard InChI is InChI=1S/C22H27N5OS2/c1-3-16-10-8-9-15(2)18(16)25-17(28)13-29-21-19-20(23-14-24-21)26-22(30-19)27-11-6-4-5-7-12-27/h8-10,14H,3-7,11-13H2,1-2H3,(H,25,28). The van der Waals surface area contributed by atoms with Gasteiger partial charge in [-0.15, -0.1) is 0 Å². The van der Waals surface area contributed by atoms with Crippen molar-refractivity contribution < 1.29 is 4.79 Å². The average Bonchev–Trinajstić information content (AvgIpc) is 3.00. The number of amides is 1. The average molecular weight is 442 g/mol. The molecule has 4 rings (SSSR count). The molecule has 3 aromatic rings. The summed E-state index contributed by atoms with van der Waals surface area (Å²) < 4.78 is 0.972. The van der Waals surface area contributed by atoms with Gasteiger partial charge in [-0.1, -0.05) is 61.1 Å². The van der Waals surface area contributed by atoms with E-state index in [0.29, 0.717) is 5.75 Å². The van der Waals surface area contributed by atoms with Crippen molar-refractivity contribution in [1.82, 2.24) is 15.0 Å². The van der Waals surface area contributed by atoms with Crippen molar-refractivity contribution in [1.29, 1.82) is 0 Å². The lowest BCUT2D eigenvalue weighted by Gasteiger charge is -2.18. The minimum Gasteiger partial charge on any atom is -0.348 e. The number of carbonyl (C=O) groups is 1. The molecule has 0 spiro atoms. The minimum absolute atomic E-state index is 0.0204. The van der Waals surface area contributed by atoms with Gasteiger partial charge < -0.3 is 10.2 Å². The lowest BCUT2D eigenvalue weighted by atomic mass is 10.1. The maximum Gasteiger partial charge on any atom is 0.234 e. The molecular formula is C22H27N5OS2. The molecular weight excluding hydrogens is 414 g/mol. The number of benzene rings is 1. The molecule has 2 aromatic heterocycles. The fourth-order valence-corrected chi connectivity index (χ4v) is 5.68. The fraction of sp³-hybridized carbons (Fsp3) is 0.455. The summed E-state index contributed by atoms with van der Waals surface area (Å²) in [6.45, 7) is 6.22. The summed E-state index contributed by atoms with van der Waals surface area (Å²) in [4.78, 5) is 28.5. The first-order valence-electron chi connectivity index (χ1n) is 10.5. The van der Waals surface area contributed by atoms with Crippen molar-refractivity contribution in [3.05, 3.63) is 35.7 Å². The predicted molar refractivity (Wildman–Crippen MR) is 126 cm³/mol. The Balaban J connectivity index is 1.47. The Kier molecular flexibility index (Phi) is 6.84. The molecule has 3 heterocycles. The van der Waals surface area contributed by atoms with Crippen LogP contribution in [0.25, 0.3) is 10.3 Å². The second kappa shape index (κ2) is 9.75. The van der Waals surface area contributed by atoms with Crippen LogP contribution in [0.4, 0.5) is 10.8 Å². The quantitative estimate of drug-likeness (QED) is 0.425. The van der Waals surface area contributed by atoms with Gasteiger partial charge in [-0.3, -0.25) is 4.79 Å². The van der Waals surface area contributed by atoms with Gasteiger partial charge in [0.05, 0.1) is 5.75 Å². The first-order chi connectivity index (χ1) is 14.7. The Morgan fingerprint density at radius 1 is 1.20 bits per heavy atom. The molecule has 30 heavy (non-hydrogen) atoms. The number of fused-ring (bicyclic) bond motifs is 1. The van der Waals surface area contributed by atoms with Gasteiger partial charge in [-0.2, -0.15) is 4.98 Å². The van der Waals surface area contributed by atoms with Crippen LogP contribution in [0.15, 0.2) is 29.6 Å². The first kappa shape index (κ1) is 21.1. The molecule has 0 radical (unpaired) electrons. The van der Waals surface area contributed by atoms with E-state index in [1.807, 2.05) is 19.1 Å². The number of anilines is 2. The van der Waals surface area contributed by atoms with Crippen molar-refractivity contribution in [2.75, 3.05) is 29.1 Å². The number of thiazole rings is 1. The molecule has 6 nitrogen and oxygen atoms in total. The van der Waals surface area contributed by atoms with Crippen LogP contribution in [-0.4, -0.2) is 39.7 Å². The molecule has 0 atom stereocenters. The molecule has 8 heteroatoms. The molecule has 158 valence electrons. The fourth-order valence-electron chi connectivity index (χ4n) is 3.73. The van der Waals surface area contributed by atoms with Gasteiger partial charge in [0, 0.05) is 18.8 Å². The van der Waals surface area contributed by atoms with Gasteiger partial charge >= 0.3 is 0 Å². The van der Waals surface area contributed by atoms with Crippen molar-refractivity contribution in [2.45, 2.75) is 51.0 Å². The van der Waals surface area contributed by atoms with Gasteiger partial charge in [0.15, 0.2) is 10.8 Å². The van der Waals surface area contributed by atoms with Crippen LogP contribution in [0, 0.1) is 6.92 Å². The maximum absolute atomic E-state index is 12.6. The maximum atomic E-state index is 12.6. The molecule has 1 amide bonds. The lowest BCUT2D eigenvalue weighted by molar-refractivity contribution is -0.113. The summed E-state index contributed by atoms with van der Waals surface area (Å²) >= 11 is 3.09. The van der Waals surface area contributed by atoms with Crippen LogP contribution in [-0.2, 0) is 11.2 Å². The molecule has 0 saturated carbocycles. The van der Waals surface area contributed by atoms with E-state index in [-0.39, 0.29) is 5.91 Å². The summed E-state index contributed by atoms with van der Waals surface area (Å²) in [6, 6.07) is 6.12. The number of rotatable bonds is 6. The molecule has 0 aliphatic carbocycles. The highest BCUT2D eigenvalue weighted by atomic mass is 32.2. The number of para-hydroxylation sites is 1. The summed E-state index contributed by atoms with van der Waals surface area (Å²) in [5.41, 5.74) is 3.90. The molecule has 1 aromatic carbocycles. The summed E-state index contributed by atoms with van der Waals surface area (Å²) in [5.74, 6) is 0.286. The van der Waals surface area contributed by atoms with Gasteiger partial charge in [-0.05, 0) is 37.3 Å². The zero-order valence-electron chi connectivity index (χ0n) is 17.5. The molecule has 0 bridgehead atoms. The molecule has 1 aliphatic heterocycles. The largest absolute Gasteiger partial charge is 0.348 e. The third-order valence-electron chi connectivity index (χ3n) is 5.37. The van der Waals surface area contributed by atoms with Crippen molar-refractivity contribution in [3.63, 3.8) is 0 Å². The van der Waals surface area contributed by atoms with E-state index in [4.69, 9.17) is 4.98 Å². The van der Waals surface area contributed by atoms with E-state index in [9.17, 15) is 4.79 Å². The Bertz CT molecular complexity index is 1030. The molecule has 1 saturated heterocycles. The Morgan fingerprint density at radius 3 is 2.77 bits per heavy atom. The zero-order chi connectivity index (χ0) is 20.9. The minimum atomic E-state index is -0.0204. The molecule has 1 fully saturated rings. The van der Waals surface area contributed by atoms with E-state index in [1.54, 1.807) is 17.7 Å². The zero-order valence-corrected chi connectivity index (χ0v) is 19.1. The molecule has 1 aliphatic rings. The SMILES string of the molecule is CCc1cccc(C)c1NC(=O)CSc1ncnc2nc(N3CCCCCC3)sc12. The van der Waals surface area contributed by atoms with Crippen LogP contribution in [0.3, 0.4) is 0 Å². The van der Waals surface area contributed by atoms with Crippen molar-refractivity contribution in [3.8, 4) is 0 Å². The number of thioether (sulfide) groups is 1. The highest BCUT2D eigenvalue weighted by Crippen LogP contribution is 2.34. The van der Waals surface area contributed by atoms with E-state index in [0.717, 1.165) is 56.8 Å². The number of nitrogens with zero attached hydrogens (tertiary/aromatic N) is 4. The summed E-state index contributed by atoms with van der Waals surface area (Å²) in [6.07, 6.45) is 7.43. The van der Waals surface area contributed by atoms with E-state index in [1.165, 1.54) is 37.4 Å². The lowest BCUT2D eigenvalue weighted by Crippen LogP contribution is -2.23. The van der Waals surface area contributed by atoms with Gasteiger partial charge in [0.1, 0.15) is 16.1 Å². The first-order valence-corrected chi connectivity index (χ1v) is 12.3. The third-order valence-corrected chi connectivity index (χ3v) is 7.60. The van der Waals surface area contributed by atoms with Gasteiger partial charge in [0.25, 0.3) is 0 Å². The number of carbonyl (C=O) groups excluding carboxylic acids is 1. The van der Waals surface area contributed by atoms with Crippen LogP contribution >= 0.6 is 23.1 Å². The third kappa shape index (κ3) is 4.75. The number of hydrogen-bond acceptors (Lipinski definition) is 7. The topological polar surface area (TPSA) is 71.0 Å². The normalized spacial score (nSPS) is 14.7. The number of aryl methyl sites for hydroxylation is 2. The van der Waals surface area contributed by atoms with Crippen LogP contribution < -0.4 is 10.2 Å². The Hall–Kier alpha value is -2.19. The molecule has 0 unspecified atom stereocenters. The van der Waals surface area contributed by atoms with Crippen molar-refractivity contribution >= 4 is 50.2 Å². The predicted octanol–water partition coefficient (Wildman–Crippen LogP) is 5.07. The smallest absolute Gasteiger partial charge is 0.234 e. The van der Waals surface area contributed by atoms with Crippen LogP contribution in [0.2, 0.25) is 0 Å². The Labute approximate surface area is 185 Å². The van der Waals surface area contributed by atoms with Gasteiger partial charge in [-0.25, -0.2) is 9.97 Å². The second-order valence-electron chi connectivity index (χ2n) is 7.53. The number of nitrogens with one attached hydrogen (secondary N) is 1. The number of aromatic nitrogens is 3. The van der Waals surface area contributed by atoms with Crippen LogP contribution in [0.5, 0.6) is 0 Å². The highest BCUT2D eigenvalue weighted by Gasteiger charge is 2.18. The summed E-state index contributed by atoms with van der Waals surface area (Å²) in [7, 11) is 0. The highest BCUT2D eigenvalue weighted by molar-refractivity contribution is 8.00. The summed E-state index contributed by atoms with van der Waals surface area (Å²) in [5, 5.41) is 4.94. The van der Waals surface area contributed by atoms with Crippen molar-refractivity contribution in [2.24, 2.45) is 0 Å². The molecule has 1 N–H and O–H groups in total. The Morgan fingerprint density at radius 2 is 2.00 bits per heavy atom. The van der Waals surface area contributed by atoms with E-state index in [2.05, 4.69) is 33.2 Å². The van der Waals surface area contributed by atoms with Gasteiger partial charge in [0.2, 0.25) is 5.91 Å². The number of hydrogen-bond donors (Lipinski definition) is 1. The second-order valence-corrected chi connectivity index (χ2v) is 9.47. The van der Waals surface area contributed by atoms with Crippen LogP contribution in [0.1, 0.15) is 43.7 Å². The monoisotopic (exact) mass is 441 g/mol. The van der Waals surface area contributed by atoms with E-state index >= 15 is 0 Å². The van der Waals surface area contributed by atoms with E-state index < -0.39 is 0 Å².